The van der Waals surface area contributed by atoms with E-state index in [1.807, 2.05) is 12.2 Å². The van der Waals surface area contributed by atoms with E-state index in [4.69, 9.17) is 5.73 Å². The fraction of sp³-hybridized carbons (Fsp3) is 0.333. The molecule has 0 radical (unpaired) electrons. The minimum atomic E-state index is -4.55. The molecule has 1 aliphatic rings. The third kappa shape index (κ3) is 7.94. The maximum Gasteiger partial charge on any atom is 0.416 e. The summed E-state index contributed by atoms with van der Waals surface area (Å²) in [5.41, 5.74) is 8.25. The van der Waals surface area contributed by atoms with Crippen LogP contribution in [-0.4, -0.2) is 61.9 Å². The first kappa shape index (κ1) is 33.1. The summed E-state index contributed by atoms with van der Waals surface area (Å²) in [7, 11) is 0. The molecule has 1 aliphatic heterocycles. The van der Waals surface area contributed by atoms with E-state index in [0.717, 1.165) is 56.0 Å². The maximum absolute atomic E-state index is 13.0. The number of halogens is 3. The van der Waals surface area contributed by atoms with Gasteiger partial charge in [-0.3, -0.25) is 19.5 Å². The zero-order chi connectivity index (χ0) is 33.6. The number of anilines is 2. The number of unbranched alkanes of at least 4 members (excludes halogenated alkanes) is 3. The largest absolute Gasteiger partial charge is 0.416 e. The molecule has 0 spiro atoms. The van der Waals surface area contributed by atoms with Crippen molar-refractivity contribution in [3.63, 3.8) is 0 Å². The Labute approximate surface area is 268 Å². The number of likely N-dealkylation sites (tertiary alicyclic amines) is 1. The van der Waals surface area contributed by atoms with Gasteiger partial charge in [0.05, 0.1) is 16.6 Å². The van der Waals surface area contributed by atoms with Crippen LogP contribution in [0.5, 0.6) is 0 Å². The number of nitrogens with two attached hydrogens (primary N) is 1. The standard InChI is InChI=1S/C33H35F3N8O3/c1-20(45)44-17-7-9-25(44)32(47)39-15-6-4-2-3-5-8-23-19-40-30(37)27-28(42-43-29(23)27)21-10-12-22(13-11-21)31(46)41-26-18-24(14-16-38-26)33(34,35)36/h5,8,10-14,16,18-19,25H,2-4,6-7,9,15,17H2,1H3,(H2,37,40)(H,39,47)(H,42,43)(H,38,41,46)/b8-5+. The lowest BCUT2D eigenvalue weighted by atomic mass is 10.0. The molecule has 5 N–H and O–H groups in total. The van der Waals surface area contributed by atoms with Crippen LogP contribution in [0.3, 0.4) is 0 Å². The number of aromatic nitrogens is 4. The number of carbonyl (C=O) groups is 3. The minimum Gasteiger partial charge on any atom is -0.383 e. The van der Waals surface area contributed by atoms with E-state index < -0.39 is 17.6 Å². The van der Waals surface area contributed by atoms with Gasteiger partial charge < -0.3 is 21.3 Å². The van der Waals surface area contributed by atoms with Gasteiger partial charge in [-0.1, -0.05) is 30.7 Å². The summed E-state index contributed by atoms with van der Waals surface area (Å²) < 4.78 is 39.0. The summed E-state index contributed by atoms with van der Waals surface area (Å²) >= 11 is 0. The number of amides is 3. The number of carbonyl (C=O) groups excluding carboxylic acids is 3. The Balaban J connectivity index is 1.15. The number of nitrogens with zero attached hydrogens (tertiary/aromatic N) is 4. The number of benzene rings is 1. The molecule has 47 heavy (non-hydrogen) atoms. The number of aromatic amines is 1. The number of hydrogen-bond acceptors (Lipinski definition) is 7. The Morgan fingerprint density at radius 1 is 1.11 bits per heavy atom. The van der Waals surface area contributed by atoms with Crippen LogP contribution in [0.2, 0.25) is 0 Å². The summed E-state index contributed by atoms with van der Waals surface area (Å²) in [6.45, 7) is 2.70. The van der Waals surface area contributed by atoms with E-state index in [1.165, 1.54) is 6.92 Å². The van der Waals surface area contributed by atoms with Gasteiger partial charge in [0, 0.05) is 49.1 Å². The van der Waals surface area contributed by atoms with Crippen molar-refractivity contribution in [3.8, 4) is 11.3 Å². The Morgan fingerprint density at radius 3 is 2.64 bits per heavy atom. The summed E-state index contributed by atoms with van der Waals surface area (Å²) in [6.07, 6.45) is 7.13. The number of hydrogen-bond donors (Lipinski definition) is 4. The van der Waals surface area contributed by atoms with Crippen molar-refractivity contribution in [2.45, 2.75) is 57.7 Å². The first-order valence-corrected chi connectivity index (χ1v) is 15.3. The molecular weight excluding hydrogens is 613 g/mol. The molecule has 0 saturated carbocycles. The normalized spacial score (nSPS) is 15.0. The lowest BCUT2D eigenvalue weighted by Crippen LogP contribution is -2.45. The molecular formula is C33H35F3N8O3. The van der Waals surface area contributed by atoms with Gasteiger partial charge in [-0.05, 0) is 56.4 Å². The van der Waals surface area contributed by atoms with Crippen molar-refractivity contribution in [3.05, 3.63) is 71.6 Å². The van der Waals surface area contributed by atoms with Crippen LogP contribution in [0.4, 0.5) is 24.8 Å². The van der Waals surface area contributed by atoms with Crippen LogP contribution in [0.25, 0.3) is 28.2 Å². The summed E-state index contributed by atoms with van der Waals surface area (Å²) in [5, 5.41) is 13.4. The van der Waals surface area contributed by atoms with Crippen LogP contribution in [-0.2, 0) is 15.8 Å². The number of pyridine rings is 2. The van der Waals surface area contributed by atoms with Crippen LogP contribution >= 0.6 is 0 Å². The lowest BCUT2D eigenvalue weighted by molar-refractivity contribution is -0.137. The Bertz CT molecular complexity index is 1790. The SMILES string of the molecule is CC(=O)N1CCCC1C(=O)NCCCCC/C=C/c1cnc(N)c2c(-c3ccc(C(=O)Nc4cc(C(F)(F)F)ccn4)cc3)[nH]nc12. The average molecular weight is 649 g/mol. The Morgan fingerprint density at radius 2 is 1.89 bits per heavy atom. The maximum atomic E-state index is 13.0. The summed E-state index contributed by atoms with van der Waals surface area (Å²) in [5.74, 6) is -0.682. The van der Waals surface area contributed by atoms with Crippen LogP contribution in [0.1, 0.15) is 66.9 Å². The molecule has 3 amide bonds. The Hall–Kier alpha value is -5.27. The number of rotatable bonds is 11. The molecule has 1 aromatic carbocycles. The van der Waals surface area contributed by atoms with E-state index in [1.54, 1.807) is 35.4 Å². The van der Waals surface area contributed by atoms with Gasteiger partial charge in [0.1, 0.15) is 23.2 Å². The van der Waals surface area contributed by atoms with Gasteiger partial charge in [0.25, 0.3) is 5.91 Å². The highest BCUT2D eigenvalue weighted by atomic mass is 19.4. The molecule has 1 unspecified atom stereocenters. The van der Waals surface area contributed by atoms with E-state index in [9.17, 15) is 27.6 Å². The number of fused-ring (bicyclic) bond motifs is 1. The quantitative estimate of drug-likeness (QED) is 0.155. The summed E-state index contributed by atoms with van der Waals surface area (Å²) in [4.78, 5) is 46.6. The lowest BCUT2D eigenvalue weighted by Gasteiger charge is -2.22. The van der Waals surface area contributed by atoms with Gasteiger partial charge in [-0.2, -0.15) is 18.3 Å². The van der Waals surface area contributed by atoms with Gasteiger partial charge >= 0.3 is 6.18 Å². The van der Waals surface area contributed by atoms with E-state index in [-0.39, 0.29) is 35.1 Å². The van der Waals surface area contributed by atoms with Crippen molar-refractivity contribution < 1.29 is 27.6 Å². The van der Waals surface area contributed by atoms with Crippen LogP contribution in [0, 0.1) is 0 Å². The van der Waals surface area contributed by atoms with Gasteiger partial charge in [-0.15, -0.1) is 0 Å². The monoisotopic (exact) mass is 648 g/mol. The number of nitrogens with one attached hydrogen (secondary N) is 3. The molecule has 0 aliphatic carbocycles. The van der Waals surface area contributed by atoms with E-state index in [2.05, 4.69) is 30.8 Å². The Kier molecular flexibility index (Phi) is 10.2. The minimum absolute atomic E-state index is 0.0652. The molecule has 4 aromatic rings. The molecule has 1 atom stereocenters. The first-order chi connectivity index (χ1) is 22.5. The van der Waals surface area contributed by atoms with Crippen molar-refractivity contribution in [2.75, 3.05) is 24.1 Å². The molecule has 1 saturated heterocycles. The number of alkyl halides is 3. The first-order valence-electron chi connectivity index (χ1n) is 15.3. The molecule has 246 valence electrons. The number of nitrogen functional groups attached to an aromatic ring is 1. The molecule has 1 fully saturated rings. The highest BCUT2D eigenvalue weighted by Crippen LogP contribution is 2.33. The molecule has 4 heterocycles. The van der Waals surface area contributed by atoms with E-state index >= 15 is 0 Å². The average Bonchev–Trinajstić information content (AvgIpc) is 3.72. The van der Waals surface area contributed by atoms with Crippen LogP contribution < -0.4 is 16.4 Å². The fourth-order valence-corrected chi connectivity index (χ4v) is 5.57. The number of allylic oxidation sites excluding steroid dienone is 1. The van der Waals surface area contributed by atoms with Crippen molar-refractivity contribution in [2.24, 2.45) is 0 Å². The molecule has 14 heteroatoms. The van der Waals surface area contributed by atoms with Crippen LogP contribution in [0.15, 0.2) is 54.9 Å². The highest BCUT2D eigenvalue weighted by Gasteiger charge is 2.32. The van der Waals surface area contributed by atoms with Gasteiger partial charge in [0.15, 0.2) is 0 Å². The predicted molar refractivity (Wildman–Crippen MR) is 172 cm³/mol. The highest BCUT2D eigenvalue weighted by molar-refractivity contribution is 6.05. The topological polar surface area (TPSA) is 159 Å². The summed E-state index contributed by atoms with van der Waals surface area (Å²) in [6, 6.07) is 7.69. The van der Waals surface area contributed by atoms with E-state index in [0.29, 0.717) is 41.7 Å². The van der Waals surface area contributed by atoms with Gasteiger partial charge in [-0.25, -0.2) is 9.97 Å². The predicted octanol–water partition coefficient (Wildman–Crippen LogP) is 5.57. The van der Waals surface area contributed by atoms with Crippen molar-refractivity contribution >= 4 is 46.3 Å². The second kappa shape index (κ2) is 14.4. The third-order valence-electron chi connectivity index (χ3n) is 8.01. The molecule has 3 aromatic heterocycles. The zero-order valence-electron chi connectivity index (χ0n) is 25.7. The molecule has 5 rings (SSSR count). The van der Waals surface area contributed by atoms with Crippen molar-refractivity contribution in [1.82, 2.24) is 30.4 Å². The number of H-pyrrole nitrogens is 1. The second-order valence-corrected chi connectivity index (χ2v) is 11.3. The molecule has 0 bridgehead atoms. The molecule has 11 nitrogen and oxygen atoms in total. The van der Waals surface area contributed by atoms with Crippen molar-refractivity contribution in [1.29, 1.82) is 0 Å². The zero-order valence-corrected chi connectivity index (χ0v) is 25.7. The third-order valence-corrected chi connectivity index (χ3v) is 8.01. The second-order valence-electron chi connectivity index (χ2n) is 11.3. The smallest absolute Gasteiger partial charge is 0.383 e. The van der Waals surface area contributed by atoms with Gasteiger partial charge in [0.2, 0.25) is 11.8 Å². The fourth-order valence-electron chi connectivity index (χ4n) is 5.57.